The second kappa shape index (κ2) is 6.13. The highest BCUT2D eigenvalue weighted by atomic mass is 15.2. The van der Waals surface area contributed by atoms with Gasteiger partial charge in [-0.25, -0.2) is 4.98 Å². The Morgan fingerprint density at radius 2 is 1.95 bits per heavy atom. The van der Waals surface area contributed by atoms with E-state index in [2.05, 4.69) is 55.2 Å². The monoisotopic (exact) mass is 275 g/mol. The SMILES string of the molecule is CNC(C)c1ccc(N(C)C2CCC(C)(C)CC2)nc1. The summed E-state index contributed by atoms with van der Waals surface area (Å²) in [6.45, 7) is 6.93. The van der Waals surface area contributed by atoms with Gasteiger partial charge < -0.3 is 10.2 Å². The van der Waals surface area contributed by atoms with Crippen molar-refractivity contribution >= 4 is 5.82 Å². The summed E-state index contributed by atoms with van der Waals surface area (Å²) in [5, 5.41) is 3.25. The zero-order chi connectivity index (χ0) is 14.8. The molecule has 0 bridgehead atoms. The molecular weight excluding hydrogens is 246 g/mol. The fourth-order valence-electron chi connectivity index (χ4n) is 2.99. The summed E-state index contributed by atoms with van der Waals surface area (Å²) in [4.78, 5) is 7.01. The molecule has 0 aliphatic heterocycles. The lowest BCUT2D eigenvalue weighted by atomic mass is 9.75. The summed E-state index contributed by atoms with van der Waals surface area (Å²) < 4.78 is 0. The molecule has 0 amide bonds. The number of hydrogen-bond donors (Lipinski definition) is 1. The molecular formula is C17H29N3. The molecule has 0 aromatic carbocycles. The highest BCUT2D eigenvalue weighted by Gasteiger charge is 2.29. The van der Waals surface area contributed by atoms with E-state index in [-0.39, 0.29) is 0 Å². The number of nitrogens with one attached hydrogen (secondary N) is 1. The number of aromatic nitrogens is 1. The number of nitrogens with zero attached hydrogens (tertiary/aromatic N) is 2. The lowest BCUT2D eigenvalue weighted by Crippen LogP contribution is -2.37. The van der Waals surface area contributed by atoms with E-state index in [0.717, 1.165) is 5.82 Å². The molecule has 1 fully saturated rings. The van der Waals surface area contributed by atoms with E-state index in [1.807, 2.05) is 13.2 Å². The molecule has 0 spiro atoms. The number of anilines is 1. The van der Waals surface area contributed by atoms with E-state index in [1.54, 1.807) is 0 Å². The minimum absolute atomic E-state index is 0.359. The predicted molar refractivity (Wildman–Crippen MR) is 86.2 cm³/mol. The summed E-state index contributed by atoms with van der Waals surface area (Å²) in [5.41, 5.74) is 1.77. The molecule has 1 atom stereocenters. The van der Waals surface area contributed by atoms with Crippen molar-refractivity contribution in [2.45, 2.75) is 58.5 Å². The number of hydrogen-bond acceptors (Lipinski definition) is 3. The molecule has 0 radical (unpaired) electrons. The van der Waals surface area contributed by atoms with Gasteiger partial charge in [0.25, 0.3) is 0 Å². The van der Waals surface area contributed by atoms with Crippen LogP contribution in [-0.4, -0.2) is 25.1 Å². The van der Waals surface area contributed by atoms with Gasteiger partial charge in [-0.15, -0.1) is 0 Å². The first-order valence-corrected chi connectivity index (χ1v) is 7.79. The minimum Gasteiger partial charge on any atom is -0.357 e. The lowest BCUT2D eigenvalue weighted by Gasteiger charge is -2.39. The average Bonchev–Trinajstić information content (AvgIpc) is 2.46. The van der Waals surface area contributed by atoms with Crippen molar-refractivity contribution in [2.24, 2.45) is 5.41 Å². The molecule has 1 aromatic rings. The normalized spacial score (nSPS) is 20.6. The second-order valence-electron chi connectivity index (χ2n) is 6.97. The zero-order valence-electron chi connectivity index (χ0n) is 13.6. The Balaban J connectivity index is 2.01. The Hall–Kier alpha value is -1.09. The van der Waals surface area contributed by atoms with Gasteiger partial charge in [-0.2, -0.15) is 0 Å². The van der Waals surface area contributed by atoms with E-state index in [4.69, 9.17) is 0 Å². The molecule has 3 heteroatoms. The maximum absolute atomic E-state index is 4.65. The van der Waals surface area contributed by atoms with Gasteiger partial charge in [0, 0.05) is 25.3 Å². The second-order valence-corrected chi connectivity index (χ2v) is 6.97. The molecule has 1 aromatic heterocycles. The van der Waals surface area contributed by atoms with Crippen LogP contribution in [0.2, 0.25) is 0 Å². The van der Waals surface area contributed by atoms with Gasteiger partial charge in [-0.3, -0.25) is 0 Å². The molecule has 1 aliphatic rings. The van der Waals surface area contributed by atoms with Gasteiger partial charge in [0.2, 0.25) is 0 Å². The summed E-state index contributed by atoms with van der Waals surface area (Å²) >= 11 is 0. The highest BCUT2D eigenvalue weighted by molar-refractivity contribution is 5.40. The van der Waals surface area contributed by atoms with Gasteiger partial charge in [0.1, 0.15) is 5.82 Å². The Kier molecular flexibility index (Phi) is 4.69. The van der Waals surface area contributed by atoms with Gasteiger partial charge in [0.15, 0.2) is 0 Å². The summed E-state index contributed by atoms with van der Waals surface area (Å²) in [7, 11) is 4.17. The predicted octanol–water partition coefficient (Wildman–Crippen LogP) is 3.77. The van der Waals surface area contributed by atoms with Crippen LogP contribution in [0.15, 0.2) is 18.3 Å². The topological polar surface area (TPSA) is 28.2 Å². The van der Waals surface area contributed by atoms with Gasteiger partial charge >= 0.3 is 0 Å². The van der Waals surface area contributed by atoms with Crippen molar-refractivity contribution in [1.29, 1.82) is 0 Å². The van der Waals surface area contributed by atoms with Crippen molar-refractivity contribution in [3.63, 3.8) is 0 Å². The summed E-state index contributed by atoms with van der Waals surface area (Å²) in [5.74, 6) is 1.10. The van der Waals surface area contributed by atoms with E-state index in [9.17, 15) is 0 Å². The highest BCUT2D eigenvalue weighted by Crippen LogP contribution is 2.37. The van der Waals surface area contributed by atoms with Crippen LogP contribution in [0.4, 0.5) is 5.82 Å². The fraction of sp³-hybridized carbons (Fsp3) is 0.706. The molecule has 20 heavy (non-hydrogen) atoms. The third-order valence-corrected chi connectivity index (χ3v) is 4.92. The van der Waals surface area contributed by atoms with Crippen molar-refractivity contribution in [3.8, 4) is 0 Å². The quantitative estimate of drug-likeness (QED) is 0.906. The van der Waals surface area contributed by atoms with Crippen LogP contribution in [0.5, 0.6) is 0 Å². The van der Waals surface area contributed by atoms with Gasteiger partial charge in [-0.1, -0.05) is 19.9 Å². The first-order chi connectivity index (χ1) is 9.43. The smallest absolute Gasteiger partial charge is 0.128 e. The maximum Gasteiger partial charge on any atom is 0.128 e. The van der Waals surface area contributed by atoms with Crippen LogP contribution >= 0.6 is 0 Å². The molecule has 3 nitrogen and oxygen atoms in total. The third kappa shape index (κ3) is 3.51. The first-order valence-electron chi connectivity index (χ1n) is 7.79. The molecule has 0 saturated heterocycles. The van der Waals surface area contributed by atoms with Crippen LogP contribution in [0, 0.1) is 5.41 Å². The average molecular weight is 275 g/mol. The molecule has 1 unspecified atom stereocenters. The maximum atomic E-state index is 4.65. The minimum atomic E-state index is 0.359. The number of rotatable bonds is 4. The van der Waals surface area contributed by atoms with E-state index in [0.29, 0.717) is 17.5 Å². The van der Waals surface area contributed by atoms with Crippen LogP contribution in [0.1, 0.15) is 58.1 Å². The molecule has 112 valence electrons. The Morgan fingerprint density at radius 1 is 1.30 bits per heavy atom. The Labute approximate surface area is 123 Å². The van der Waals surface area contributed by atoms with Gasteiger partial charge in [-0.05, 0) is 56.7 Å². The molecule has 1 N–H and O–H groups in total. The van der Waals surface area contributed by atoms with Crippen molar-refractivity contribution in [2.75, 3.05) is 19.0 Å². The standard InChI is InChI=1S/C17H29N3/c1-13(18-4)14-6-7-16(19-12-14)20(5)15-8-10-17(2,3)11-9-15/h6-7,12-13,15,18H,8-11H2,1-5H3. The largest absolute Gasteiger partial charge is 0.357 e. The van der Waals surface area contributed by atoms with Crippen molar-refractivity contribution in [3.05, 3.63) is 23.9 Å². The van der Waals surface area contributed by atoms with Crippen LogP contribution in [-0.2, 0) is 0 Å². The van der Waals surface area contributed by atoms with E-state index < -0.39 is 0 Å². The zero-order valence-corrected chi connectivity index (χ0v) is 13.6. The summed E-state index contributed by atoms with van der Waals surface area (Å²) in [6.07, 6.45) is 7.19. The molecule has 2 rings (SSSR count). The summed E-state index contributed by atoms with van der Waals surface area (Å²) in [6, 6.07) is 5.34. The molecule has 1 heterocycles. The van der Waals surface area contributed by atoms with Crippen LogP contribution < -0.4 is 10.2 Å². The van der Waals surface area contributed by atoms with Crippen molar-refractivity contribution < 1.29 is 0 Å². The Morgan fingerprint density at radius 3 is 2.45 bits per heavy atom. The molecule has 1 aliphatic carbocycles. The van der Waals surface area contributed by atoms with Gasteiger partial charge in [0.05, 0.1) is 0 Å². The van der Waals surface area contributed by atoms with Crippen molar-refractivity contribution in [1.82, 2.24) is 10.3 Å². The van der Waals surface area contributed by atoms with E-state index >= 15 is 0 Å². The van der Waals surface area contributed by atoms with E-state index in [1.165, 1.54) is 31.2 Å². The lowest BCUT2D eigenvalue weighted by molar-refractivity contribution is 0.222. The fourth-order valence-corrected chi connectivity index (χ4v) is 2.99. The van der Waals surface area contributed by atoms with Crippen LogP contribution in [0.3, 0.4) is 0 Å². The first kappa shape index (κ1) is 15.3. The third-order valence-electron chi connectivity index (χ3n) is 4.92. The molecule has 1 saturated carbocycles. The Bertz CT molecular complexity index is 414. The van der Waals surface area contributed by atoms with Crippen LogP contribution in [0.25, 0.3) is 0 Å². The number of pyridine rings is 1.